The molecular formula is C18H24ClNO2. The Labute approximate surface area is 137 Å². The molecule has 120 valence electrons. The van der Waals surface area contributed by atoms with Gasteiger partial charge in [0.1, 0.15) is 11.5 Å². The maximum Gasteiger partial charge on any atom is 0.141 e. The van der Waals surface area contributed by atoms with E-state index >= 15 is 0 Å². The lowest BCUT2D eigenvalue weighted by molar-refractivity contribution is 0.266. The van der Waals surface area contributed by atoms with E-state index in [1.54, 1.807) is 0 Å². The van der Waals surface area contributed by atoms with Crippen LogP contribution in [0.15, 0.2) is 0 Å². The second kappa shape index (κ2) is 6.29. The van der Waals surface area contributed by atoms with Crippen molar-refractivity contribution in [1.82, 2.24) is 5.32 Å². The van der Waals surface area contributed by atoms with E-state index < -0.39 is 0 Å². The highest BCUT2D eigenvalue weighted by Crippen LogP contribution is 2.47. The van der Waals surface area contributed by atoms with Gasteiger partial charge in [0.15, 0.2) is 0 Å². The molecule has 3 aliphatic heterocycles. The average molecular weight is 322 g/mol. The summed E-state index contributed by atoms with van der Waals surface area (Å²) in [6.45, 7) is 3.89. The highest BCUT2D eigenvalue weighted by molar-refractivity contribution is 6.33. The molecule has 1 fully saturated rings. The van der Waals surface area contributed by atoms with Crippen molar-refractivity contribution in [2.24, 2.45) is 5.92 Å². The van der Waals surface area contributed by atoms with Crippen molar-refractivity contribution in [1.29, 1.82) is 0 Å². The molecule has 0 saturated carbocycles. The van der Waals surface area contributed by atoms with E-state index in [0.717, 1.165) is 80.8 Å². The highest BCUT2D eigenvalue weighted by atomic mass is 35.5. The summed E-state index contributed by atoms with van der Waals surface area (Å²) in [4.78, 5) is 0. The van der Waals surface area contributed by atoms with Crippen LogP contribution in [0.1, 0.15) is 42.4 Å². The second-order valence-electron chi connectivity index (χ2n) is 6.71. The van der Waals surface area contributed by atoms with Gasteiger partial charge >= 0.3 is 0 Å². The van der Waals surface area contributed by atoms with Gasteiger partial charge in [0.05, 0.1) is 18.2 Å². The predicted octanol–water partition coefficient (Wildman–Crippen LogP) is 3.53. The Kier molecular flexibility index (Phi) is 4.19. The number of hydrogen-bond donors (Lipinski definition) is 1. The summed E-state index contributed by atoms with van der Waals surface area (Å²) >= 11 is 6.64. The molecule has 0 amide bonds. The van der Waals surface area contributed by atoms with E-state index in [1.807, 2.05) is 0 Å². The maximum atomic E-state index is 6.64. The third kappa shape index (κ3) is 2.59. The van der Waals surface area contributed by atoms with Gasteiger partial charge in [0.2, 0.25) is 0 Å². The molecule has 1 aromatic carbocycles. The molecule has 3 heterocycles. The van der Waals surface area contributed by atoms with Crippen LogP contribution in [0.25, 0.3) is 0 Å². The summed E-state index contributed by atoms with van der Waals surface area (Å²) < 4.78 is 12.0. The van der Waals surface area contributed by atoms with Crippen LogP contribution in [-0.4, -0.2) is 26.3 Å². The average Bonchev–Trinajstić information content (AvgIpc) is 2.59. The first-order valence-corrected chi connectivity index (χ1v) is 9.05. The lowest BCUT2D eigenvalue weighted by atomic mass is 9.84. The minimum Gasteiger partial charge on any atom is -0.493 e. The lowest BCUT2D eigenvalue weighted by Gasteiger charge is -2.31. The number of hydrogen-bond acceptors (Lipinski definition) is 3. The molecule has 1 aromatic rings. The van der Waals surface area contributed by atoms with Crippen molar-refractivity contribution in [3.8, 4) is 11.5 Å². The molecule has 0 aromatic heterocycles. The van der Waals surface area contributed by atoms with Crippen LogP contribution in [0, 0.1) is 5.92 Å². The minimum atomic E-state index is 0.753. The number of ether oxygens (including phenoxy) is 2. The van der Waals surface area contributed by atoms with Gasteiger partial charge in [-0.3, -0.25) is 0 Å². The van der Waals surface area contributed by atoms with Crippen LogP contribution in [0.3, 0.4) is 0 Å². The number of nitrogens with one attached hydrogen (secondary N) is 1. The standard InChI is InChI=1S/C18H24ClNO2/c19-16-14-4-2-9-21-17(14)15(11-12-5-7-20-8-6-12)13-3-1-10-22-18(13)16/h12,20H,1-11H2. The molecule has 0 bridgehead atoms. The van der Waals surface area contributed by atoms with E-state index in [9.17, 15) is 0 Å². The lowest BCUT2D eigenvalue weighted by Crippen LogP contribution is -2.29. The van der Waals surface area contributed by atoms with E-state index in [2.05, 4.69) is 5.32 Å². The number of rotatable bonds is 2. The van der Waals surface area contributed by atoms with Gasteiger partial charge in [0, 0.05) is 16.7 Å². The fourth-order valence-corrected chi connectivity index (χ4v) is 4.42. The molecule has 0 unspecified atom stereocenters. The van der Waals surface area contributed by atoms with Gasteiger partial charge in [-0.2, -0.15) is 0 Å². The molecular weight excluding hydrogens is 298 g/mol. The van der Waals surface area contributed by atoms with E-state index in [1.165, 1.54) is 29.5 Å². The Hall–Kier alpha value is -0.930. The molecule has 0 atom stereocenters. The molecule has 3 nitrogen and oxygen atoms in total. The maximum absolute atomic E-state index is 6.64. The molecule has 4 heteroatoms. The zero-order chi connectivity index (χ0) is 14.9. The smallest absolute Gasteiger partial charge is 0.141 e. The normalized spacial score (nSPS) is 21.5. The van der Waals surface area contributed by atoms with Crippen LogP contribution in [-0.2, 0) is 19.3 Å². The predicted molar refractivity (Wildman–Crippen MR) is 88.4 cm³/mol. The first kappa shape index (κ1) is 14.6. The largest absolute Gasteiger partial charge is 0.493 e. The molecule has 0 aliphatic carbocycles. The summed E-state index contributed by atoms with van der Waals surface area (Å²) in [7, 11) is 0. The Balaban J connectivity index is 1.77. The van der Waals surface area contributed by atoms with Crippen molar-refractivity contribution >= 4 is 11.6 Å². The highest BCUT2D eigenvalue weighted by Gasteiger charge is 2.29. The summed E-state index contributed by atoms with van der Waals surface area (Å²) in [6, 6.07) is 0. The van der Waals surface area contributed by atoms with Crippen LogP contribution >= 0.6 is 11.6 Å². The Bertz CT molecular complexity index is 530. The van der Waals surface area contributed by atoms with E-state index in [4.69, 9.17) is 21.1 Å². The van der Waals surface area contributed by atoms with Gasteiger partial charge in [0.25, 0.3) is 0 Å². The summed E-state index contributed by atoms with van der Waals surface area (Å²) in [5.74, 6) is 2.81. The molecule has 0 radical (unpaired) electrons. The SMILES string of the molecule is Clc1c2c(c(CC3CCNCC3)c3c1OCCC3)OCCC2. The third-order valence-electron chi connectivity index (χ3n) is 5.24. The van der Waals surface area contributed by atoms with E-state index in [-0.39, 0.29) is 0 Å². The van der Waals surface area contributed by atoms with Crippen molar-refractivity contribution in [2.45, 2.75) is 44.9 Å². The van der Waals surface area contributed by atoms with Gasteiger partial charge in [-0.05, 0) is 64.0 Å². The zero-order valence-electron chi connectivity index (χ0n) is 13.0. The Morgan fingerprint density at radius 3 is 2.41 bits per heavy atom. The third-order valence-corrected chi connectivity index (χ3v) is 5.64. The van der Waals surface area contributed by atoms with Crippen molar-refractivity contribution in [3.05, 3.63) is 21.7 Å². The Morgan fingerprint density at radius 2 is 1.64 bits per heavy atom. The van der Waals surface area contributed by atoms with Gasteiger partial charge in [-0.15, -0.1) is 0 Å². The molecule has 4 rings (SSSR count). The van der Waals surface area contributed by atoms with Crippen LogP contribution < -0.4 is 14.8 Å². The van der Waals surface area contributed by atoms with Crippen LogP contribution in [0.4, 0.5) is 0 Å². The van der Waals surface area contributed by atoms with Crippen molar-refractivity contribution in [2.75, 3.05) is 26.3 Å². The first-order chi connectivity index (χ1) is 10.8. The summed E-state index contributed by atoms with van der Waals surface area (Å²) in [5, 5.41) is 4.28. The van der Waals surface area contributed by atoms with Crippen LogP contribution in [0.5, 0.6) is 11.5 Å². The quantitative estimate of drug-likeness (QED) is 0.904. The topological polar surface area (TPSA) is 30.5 Å². The fraction of sp³-hybridized carbons (Fsp3) is 0.667. The Morgan fingerprint density at radius 1 is 0.955 bits per heavy atom. The monoisotopic (exact) mass is 321 g/mol. The van der Waals surface area contributed by atoms with Gasteiger partial charge < -0.3 is 14.8 Å². The zero-order valence-corrected chi connectivity index (χ0v) is 13.8. The van der Waals surface area contributed by atoms with Gasteiger partial charge in [-0.1, -0.05) is 11.6 Å². The van der Waals surface area contributed by atoms with Crippen LogP contribution in [0.2, 0.25) is 5.02 Å². The number of fused-ring (bicyclic) bond motifs is 2. The summed E-state index contributed by atoms with van der Waals surface area (Å²) in [6.07, 6.45) is 7.86. The molecule has 3 aliphatic rings. The fourth-order valence-electron chi connectivity index (χ4n) is 4.07. The van der Waals surface area contributed by atoms with Gasteiger partial charge in [-0.25, -0.2) is 0 Å². The molecule has 1 saturated heterocycles. The summed E-state index contributed by atoms with van der Waals surface area (Å²) in [5.41, 5.74) is 3.92. The minimum absolute atomic E-state index is 0.753. The second-order valence-corrected chi connectivity index (χ2v) is 7.09. The number of piperidine rings is 1. The van der Waals surface area contributed by atoms with Crippen molar-refractivity contribution < 1.29 is 9.47 Å². The first-order valence-electron chi connectivity index (χ1n) is 8.67. The van der Waals surface area contributed by atoms with E-state index in [0.29, 0.717) is 0 Å². The molecule has 1 N–H and O–H groups in total. The number of benzene rings is 1. The molecule has 22 heavy (non-hydrogen) atoms. The van der Waals surface area contributed by atoms with Crippen molar-refractivity contribution in [3.63, 3.8) is 0 Å². The molecule has 0 spiro atoms. The number of halogens is 1.